The summed E-state index contributed by atoms with van der Waals surface area (Å²) in [5.41, 5.74) is 2.98. The number of hydrazine groups is 1. The summed E-state index contributed by atoms with van der Waals surface area (Å²) in [7, 11) is 0. The van der Waals surface area contributed by atoms with Gasteiger partial charge in [-0.15, -0.1) is 0 Å². The van der Waals surface area contributed by atoms with E-state index in [2.05, 4.69) is 33.1 Å². The van der Waals surface area contributed by atoms with Gasteiger partial charge in [-0.2, -0.15) is 0 Å². The van der Waals surface area contributed by atoms with E-state index in [1.165, 1.54) is 32.1 Å². The van der Waals surface area contributed by atoms with Crippen molar-refractivity contribution in [1.82, 2.24) is 5.43 Å². The van der Waals surface area contributed by atoms with Crippen molar-refractivity contribution >= 4 is 0 Å². The van der Waals surface area contributed by atoms with Gasteiger partial charge in [0, 0.05) is 6.04 Å². The first-order valence-electron chi connectivity index (χ1n) is 6.11. The second-order valence-electron chi connectivity index (χ2n) is 4.67. The number of hydrogen-bond donors (Lipinski definition) is 2. The molecule has 0 aromatic rings. The quantitative estimate of drug-likeness (QED) is 0.467. The van der Waals surface area contributed by atoms with Gasteiger partial charge < -0.3 is 0 Å². The summed E-state index contributed by atoms with van der Waals surface area (Å²) >= 11 is 0. The van der Waals surface area contributed by atoms with E-state index in [1.54, 1.807) is 0 Å². The molecule has 3 N–H and O–H groups in total. The Hall–Kier alpha value is -0.0800. The van der Waals surface area contributed by atoms with Gasteiger partial charge >= 0.3 is 0 Å². The molecule has 0 fully saturated rings. The number of hydrogen-bond acceptors (Lipinski definition) is 2. The van der Waals surface area contributed by atoms with Crippen LogP contribution in [-0.4, -0.2) is 6.04 Å². The van der Waals surface area contributed by atoms with Crippen molar-refractivity contribution in [2.24, 2.45) is 17.7 Å². The lowest BCUT2D eigenvalue weighted by Gasteiger charge is -2.25. The van der Waals surface area contributed by atoms with Crippen LogP contribution in [0.2, 0.25) is 0 Å². The molecule has 0 saturated carbocycles. The molecule has 0 saturated heterocycles. The third-order valence-electron chi connectivity index (χ3n) is 3.08. The van der Waals surface area contributed by atoms with Crippen LogP contribution in [0.5, 0.6) is 0 Å². The molecule has 0 aliphatic carbocycles. The summed E-state index contributed by atoms with van der Waals surface area (Å²) in [6.07, 6.45) is 6.33. The zero-order valence-corrected chi connectivity index (χ0v) is 10.3. The highest BCUT2D eigenvalue weighted by Gasteiger charge is 2.17. The minimum absolute atomic E-state index is 0.497. The van der Waals surface area contributed by atoms with Gasteiger partial charge in [0.25, 0.3) is 0 Å². The molecular weight excluding hydrogens is 172 g/mol. The molecule has 0 spiro atoms. The molecule has 3 atom stereocenters. The molecular formula is C12H28N2. The normalized spacial score (nSPS) is 17.8. The number of nitrogens with two attached hydrogens (primary N) is 1. The van der Waals surface area contributed by atoms with E-state index >= 15 is 0 Å². The lowest BCUT2D eigenvalue weighted by Crippen LogP contribution is -2.41. The van der Waals surface area contributed by atoms with Crippen molar-refractivity contribution in [1.29, 1.82) is 0 Å². The van der Waals surface area contributed by atoms with E-state index < -0.39 is 0 Å². The summed E-state index contributed by atoms with van der Waals surface area (Å²) < 4.78 is 0. The average molecular weight is 200 g/mol. The number of nitrogens with one attached hydrogen (secondary N) is 1. The first-order chi connectivity index (χ1) is 6.65. The van der Waals surface area contributed by atoms with E-state index in [0.717, 1.165) is 5.92 Å². The highest BCUT2D eigenvalue weighted by atomic mass is 15.2. The van der Waals surface area contributed by atoms with Gasteiger partial charge in [0.1, 0.15) is 0 Å². The smallest absolute Gasteiger partial charge is 0.0238 e. The van der Waals surface area contributed by atoms with Crippen molar-refractivity contribution < 1.29 is 0 Å². The van der Waals surface area contributed by atoms with E-state index in [9.17, 15) is 0 Å². The van der Waals surface area contributed by atoms with Gasteiger partial charge in [-0.3, -0.25) is 11.3 Å². The third-order valence-corrected chi connectivity index (χ3v) is 3.08. The summed E-state index contributed by atoms with van der Waals surface area (Å²) in [5, 5.41) is 0. The van der Waals surface area contributed by atoms with Crippen molar-refractivity contribution in [2.75, 3.05) is 0 Å². The monoisotopic (exact) mass is 200 g/mol. The van der Waals surface area contributed by atoms with Gasteiger partial charge in [0.2, 0.25) is 0 Å². The predicted octanol–water partition coefficient (Wildman–Crippen LogP) is 3.08. The molecule has 0 rings (SSSR count). The van der Waals surface area contributed by atoms with Crippen LogP contribution in [-0.2, 0) is 0 Å². The minimum Gasteiger partial charge on any atom is -0.271 e. The highest BCUT2D eigenvalue weighted by Crippen LogP contribution is 2.19. The summed E-state index contributed by atoms with van der Waals surface area (Å²) in [4.78, 5) is 0. The van der Waals surface area contributed by atoms with Crippen LogP contribution < -0.4 is 11.3 Å². The molecule has 3 unspecified atom stereocenters. The molecule has 0 heterocycles. The first kappa shape index (κ1) is 13.9. The van der Waals surface area contributed by atoms with Crippen LogP contribution in [0.15, 0.2) is 0 Å². The molecule has 0 bridgehead atoms. The van der Waals surface area contributed by atoms with Crippen molar-refractivity contribution in [2.45, 2.75) is 65.8 Å². The molecule has 0 amide bonds. The van der Waals surface area contributed by atoms with E-state index in [4.69, 9.17) is 5.84 Å². The van der Waals surface area contributed by atoms with Gasteiger partial charge in [0.15, 0.2) is 0 Å². The molecule has 0 radical (unpaired) electrons. The Labute approximate surface area is 89.6 Å². The fourth-order valence-electron chi connectivity index (χ4n) is 2.17. The van der Waals surface area contributed by atoms with Crippen LogP contribution in [0.1, 0.15) is 59.8 Å². The Morgan fingerprint density at radius 1 is 1.07 bits per heavy atom. The second-order valence-corrected chi connectivity index (χ2v) is 4.67. The zero-order chi connectivity index (χ0) is 11.0. The molecule has 0 aromatic heterocycles. The fourth-order valence-corrected chi connectivity index (χ4v) is 2.17. The topological polar surface area (TPSA) is 38.0 Å². The van der Waals surface area contributed by atoms with Crippen LogP contribution in [0.4, 0.5) is 0 Å². The molecule has 2 heteroatoms. The van der Waals surface area contributed by atoms with Gasteiger partial charge in [-0.05, 0) is 24.7 Å². The van der Waals surface area contributed by atoms with Gasteiger partial charge in [0.05, 0.1) is 0 Å². The SMILES string of the molecule is CCCC(C)CC(NN)C(C)CCC. The van der Waals surface area contributed by atoms with Crippen molar-refractivity contribution in [3.05, 3.63) is 0 Å². The summed E-state index contributed by atoms with van der Waals surface area (Å²) in [6, 6.07) is 0.497. The standard InChI is InChI=1S/C12H28N2/c1-5-7-10(3)9-12(14-13)11(4)8-6-2/h10-12,14H,5-9,13H2,1-4H3. The van der Waals surface area contributed by atoms with Crippen LogP contribution >= 0.6 is 0 Å². The van der Waals surface area contributed by atoms with Crippen LogP contribution in [0.3, 0.4) is 0 Å². The molecule has 14 heavy (non-hydrogen) atoms. The molecule has 0 aromatic carbocycles. The van der Waals surface area contributed by atoms with Crippen LogP contribution in [0, 0.1) is 11.8 Å². The van der Waals surface area contributed by atoms with E-state index in [1.807, 2.05) is 0 Å². The lowest BCUT2D eigenvalue weighted by molar-refractivity contribution is 0.295. The predicted molar refractivity (Wildman–Crippen MR) is 63.9 cm³/mol. The summed E-state index contributed by atoms with van der Waals surface area (Å²) in [6.45, 7) is 9.11. The van der Waals surface area contributed by atoms with E-state index in [0.29, 0.717) is 12.0 Å². The molecule has 0 aliphatic heterocycles. The Bertz CT molecular complexity index is 125. The van der Waals surface area contributed by atoms with E-state index in [-0.39, 0.29) is 0 Å². The maximum absolute atomic E-state index is 5.60. The zero-order valence-electron chi connectivity index (χ0n) is 10.3. The lowest BCUT2D eigenvalue weighted by atomic mass is 9.88. The Balaban J connectivity index is 3.87. The average Bonchev–Trinajstić information content (AvgIpc) is 2.15. The first-order valence-corrected chi connectivity index (χ1v) is 6.11. The Morgan fingerprint density at radius 3 is 2.07 bits per heavy atom. The minimum atomic E-state index is 0.497. The van der Waals surface area contributed by atoms with Crippen molar-refractivity contribution in [3.8, 4) is 0 Å². The maximum atomic E-state index is 5.60. The largest absolute Gasteiger partial charge is 0.271 e. The highest BCUT2D eigenvalue weighted by molar-refractivity contribution is 4.73. The second kappa shape index (κ2) is 8.25. The number of rotatable bonds is 8. The van der Waals surface area contributed by atoms with Gasteiger partial charge in [-0.25, -0.2) is 0 Å². The van der Waals surface area contributed by atoms with Crippen LogP contribution in [0.25, 0.3) is 0 Å². The summed E-state index contributed by atoms with van der Waals surface area (Å²) in [5.74, 6) is 7.09. The Morgan fingerprint density at radius 2 is 1.64 bits per heavy atom. The molecule has 0 aliphatic rings. The van der Waals surface area contributed by atoms with Gasteiger partial charge in [-0.1, -0.05) is 47.0 Å². The fraction of sp³-hybridized carbons (Fsp3) is 1.00. The maximum Gasteiger partial charge on any atom is 0.0238 e. The Kier molecular flexibility index (Phi) is 8.20. The molecule has 86 valence electrons. The third kappa shape index (κ3) is 5.61. The molecule has 2 nitrogen and oxygen atoms in total. The van der Waals surface area contributed by atoms with Crippen molar-refractivity contribution in [3.63, 3.8) is 0 Å².